The van der Waals surface area contributed by atoms with Crippen molar-refractivity contribution in [1.29, 1.82) is 0 Å². The zero-order valence-corrected chi connectivity index (χ0v) is 13.0. The lowest BCUT2D eigenvalue weighted by atomic mass is 9.80. The molecule has 0 bridgehead atoms. The lowest BCUT2D eigenvalue weighted by molar-refractivity contribution is 0.280. The van der Waals surface area contributed by atoms with Gasteiger partial charge in [0.25, 0.3) is 0 Å². The Morgan fingerprint density at radius 2 is 1.89 bits per heavy atom. The van der Waals surface area contributed by atoms with E-state index in [2.05, 4.69) is 63.3 Å². The Bertz CT molecular complexity index is 425. The van der Waals surface area contributed by atoms with Crippen molar-refractivity contribution in [2.45, 2.75) is 46.1 Å². The molecule has 1 aromatic carbocycles. The summed E-state index contributed by atoms with van der Waals surface area (Å²) in [4.78, 5) is 2.15. The van der Waals surface area contributed by atoms with E-state index in [0.29, 0.717) is 6.04 Å². The van der Waals surface area contributed by atoms with Crippen LogP contribution in [0, 0.1) is 18.8 Å². The topological polar surface area (TPSA) is 15.3 Å². The van der Waals surface area contributed by atoms with E-state index in [4.69, 9.17) is 0 Å². The van der Waals surface area contributed by atoms with Crippen molar-refractivity contribution in [1.82, 2.24) is 0 Å². The van der Waals surface area contributed by atoms with Crippen LogP contribution in [0.25, 0.3) is 0 Å². The highest BCUT2D eigenvalue weighted by Crippen LogP contribution is 2.32. The van der Waals surface area contributed by atoms with Crippen LogP contribution in [-0.2, 0) is 0 Å². The number of benzene rings is 1. The molecule has 3 atom stereocenters. The summed E-state index contributed by atoms with van der Waals surface area (Å²) < 4.78 is 0. The van der Waals surface area contributed by atoms with Crippen LogP contribution in [0.5, 0.6) is 0 Å². The van der Waals surface area contributed by atoms with Gasteiger partial charge in [-0.1, -0.05) is 20.3 Å². The number of hydrogen-bond donors (Lipinski definition) is 1. The Balaban J connectivity index is 2.10. The van der Waals surface area contributed by atoms with Crippen molar-refractivity contribution >= 4 is 11.4 Å². The molecule has 0 amide bonds. The number of hydrogen-bond acceptors (Lipinski definition) is 2. The second-order valence-electron chi connectivity index (χ2n) is 6.54. The van der Waals surface area contributed by atoms with Gasteiger partial charge in [0, 0.05) is 31.5 Å². The third-order valence-corrected chi connectivity index (χ3v) is 4.53. The molecule has 1 fully saturated rings. The molecule has 1 saturated carbocycles. The normalized spacial score (nSPS) is 27.1. The first-order chi connectivity index (χ1) is 8.97. The summed E-state index contributed by atoms with van der Waals surface area (Å²) >= 11 is 0. The molecule has 1 aliphatic carbocycles. The van der Waals surface area contributed by atoms with E-state index in [1.165, 1.54) is 36.2 Å². The molecule has 3 unspecified atom stereocenters. The quantitative estimate of drug-likeness (QED) is 0.871. The van der Waals surface area contributed by atoms with E-state index in [-0.39, 0.29) is 0 Å². The second kappa shape index (κ2) is 5.85. The lowest BCUT2D eigenvalue weighted by Crippen LogP contribution is -2.33. The Morgan fingerprint density at radius 3 is 2.53 bits per heavy atom. The van der Waals surface area contributed by atoms with E-state index >= 15 is 0 Å². The van der Waals surface area contributed by atoms with Crippen LogP contribution >= 0.6 is 0 Å². The molecule has 1 aromatic rings. The van der Waals surface area contributed by atoms with Crippen molar-refractivity contribution in [2.75, 3.05) is 24.3 Å². The summed E-state index contributed by atoms with van der Waals surface area (Å²) in [6, 6.07) is 7.33. The minimum absolute atomic E-state index is 0.632. The fourth-order valence-corrected chi connectivity index (χ4v) is 3.02. The molecule has 0 aliphatic heterocycles. The van der Waals surface area contributed by atoms with Gasteiger partial charge in [-0.3, -0.25) is 0 Å². The monoisotopic (exact) mass is 260 g/mol. The van der Waals surface area contributed by atoms with Crippen molar-refractivity contribution in [2.24, 2.45) is 11.8 Å². The highest BCUT2D eigenvalue weighted by molar-refractivity contribution is 5.60. The number of anilines is 2. The predicted octanol–water partition coefficient (Wildman–Crippen LogP) is 4.30. The Morgan fingerprint density at radius 1 is 1.16 bits per heavy atom. The third-order valence-electron chi connectivity index (χ3n) is 4.53. The zero-order valence-electron chi connectivity index (χ0n) is 13.0. The van der Waals surface area contributed by atoms with Crippen LogP contribution in [0.3, 0.4) is 0 Å². The smallest absolute Gasteiger partial charge is 0.0373 e. The summed E-state index contributed by atoms with van der Waals surface area (Å²) in [7, 11) is 4.18. The summed E-state index contributed by atoms with van der Waals surface area (Å²) in [5.41, 5.74) is 3.92. The molecule has 1 aliphatic rings. The third kappa shape index (κ3) is 3.43. The van der Waals surface area contributed by atoms with Crippen LogP contribution in [0.2, 0.25) is 0 Å². The van der Waals surface area contributed by atoms with E-state index in [9.17, 15) is 0 Å². The summed E-state index contributed by atoms with van der Waals surface area (Å²) in [5, 5.41) is 3.78. The molecule has 1 N–H and O–H groups in total. The molecule has 0 spiro atoms. The molecule has 2 rings (SSSR count). The lowest BCUT2D eigenvalue weighted by Gasteiger charge is -2.34. The van der Waals surface area contributed by atoms with Crippen LogP contribution < -0.4 is 10.2 Å². The van der Waals surface area contributed by atoms with E-state index < -0.39 is 0 Å². The molecule has 0 aromatic heterocycles. The maximum atomic E-state index is 3.78. The molecule has 2 heteroatoms. The molecular weight excluding hydrogens is 232 g/mol. The van der Waals surface area contributed by atoms with E-state index in [1.807, 2.05) is 0 Å². The van der Waals surface area contributed by atoms with Gasteiger partial charge < -0.3 is 10.2 Å². The summed E-state index contributed by atoms with van der Waals surface area (Å²) in [6.07, 6.45) is 4.04. The highest BCUT2D eigenvalue weighted by Gasteiger charge is 2.25. The van der Waals surface area contributed by atoms with Crippen molar-refractivity contribution < 1.29 is 0 Å². The number of aryl methyl sites for hydroxylation is 1. The first kappa shape index (κ1) is 14.2. The van der Waals surface area contributed by atoms with Gasteiger partial charge in [0.15, 0.2) is 0 Å². The van der Waals surface area contributed by atoms with Gasteiger partial charge in [-0.05, 0) is 55.4 Å². The molecule has 2 nitrogen and oxygen atoms in total. The van der Waals surface area contributed by atoms with Crippen molar-refractivity contribution in [3.63, 3.8) is 0 Å². The fraction of sp³-hybridized carbons (Fsp3) is 0.647. The molecule has 19 heavy (non-hydrogen) atoms. The average molecular weight is 260 g/mol. The number of rotatable bonds is 3. The van der Waals surface area contributed by atoms with Gasteiger partial charge in [-0.2, -0.15) is 0 Å². The maximum absolute atomic E-state index is 3.78. The van der Waals surface area contributed by atoms with Gasteiger partial charge >= 0.3 is 0 Å². The second-order valence-corrected chi connectivity index (χ2v) is 6.54. The van der Waals surface area contributed by atoms with E-state index in [0.717, 1.165) is 11.8 Å². The fourth-order valence-electron chi connectivity index (χ4n) is 3.02. The maximum Gasteiger partial charge on any atom is 0.0373 e. The zero-order chi connectivity index (χ0) is 14.0. The van der Waals surface area contributed by atoms with Crippen LogP contribution in [0.4, 0.5) is 11.4 Å². The Hall–Kier alpha value is -1.18. The minimum Gasteiger partial charge on any atom is -0.382 e. The van der Waals surface area contributed by atoms with Gasteiger partial charge in [0.05, 0.1) is 0 Å². The van der Waals surface area contributed by atoms with Gasteiger partial charge in [0.1, 0.15) is 0 Å². The highest BCUT2D eigenvalue weighted by atomic mass is 15.1. The van der Waals surface area contributed by atoms with Gasteiger partial charge in [0.2, 0.25) is 0 Å². The SMILES string of the molecule is Cc1cc(N(C)C)ccc1NC1CC(C)CCC1C. The molecule has 0 saturated heterocycles. The molecule has 106 valence electrons. The Kier molecular flexibility index (Phi) is 4.38. The van der Waals surface area contributed by atoms with Gasteiger partial charge in [-0.15, -0.1) is 0 Å². The first-order valence-electron chi connectivity index (χ1n) is 7.52. The van der Waals surface area contributed by atoms with Crippen LogP contribution in [0.1, 0.15) is 38.7 Å². The largest absolute Gasteiger partial charge is 0.382 e. The van der Waals surface area contributed by atoms with Crippen molar-refractivity contribution in [3.8, 4) is 0 Å². The minimum atomic E-state index is 0.632. The average Bonchev–Trinajstić information content (AvgIpc) is 2.36. The number of nitrogens with zero attached hydrogens (tertiary/aromatic N) is 1. The Labute approximate surface area is 118 Å². The van der Waals surface area contributed by atoms with Crippen LogP contribution in [-0.4, -0.2) is 20.1 Å². The summed E-state index contributed by atoms with van der Waals surface area (Å²) in [6.45, 7) is 6.96. The standard InChI is InChI=1S/C17H28N2/c1-12-6-7-13(2)17(10-12)18-16-9-8-15(19(4)5)11-14(16)3/h8-9,11-13,17-18H,6-7,10H2,1-5H3. The van der Waals surface area contributed by atoms with Crippen molar-refractivity contribution in [3.05, 3.63) is 23.8 Å². The predicted molar refractivity (Wildman–Crippen MR) is 85.1 cm³/mol. The van der Waals surface area contributed by atoms with Crippen LogP contribution in [0.15, 0.2) is 18.2 Å². The number of nitrogens with one attached hydrogen (secondary N) is 1. The first-order valence-corrected chi connectivity index (χ1v) is 7.52. The molecule has 0 heterocycles. The van der Waals surface area contributed by atoms with Gasteiger partial charge in [-0.25, -0.2) is 0 Å². The molecule has 0 radical (unpaired) electrons. The van der Waals surface area contributed by atoms with E-state index in [1.54, 1.807) is 0 Å². The summed E-state index contributed by atoms with van der Waals surface area (Å²) in [5.74, 6) is 1.64. The molecular formula is C17H28N2.